The number of amides is 1. The third kappa shape index (κ3) is 17.7. The Morgan fingerprint density at radius 1 is 0.806 bits per heavy atom. The Hall–Kier alpha value is -1.63. The Kier molecular flexibility index (Phi) is 21.5. The maximum Gasteiger partial charge on any atom is 0.328 e. The van der Waals surface area contributed by atoms with E-state index in [2.05, 4.69) is 19.2 Å². The second kappa shape index (κ2) is 22.6. The fourth-order valence-electron chi connectivity index (χ4n) is 4.64. The summed E-state index contributed by atoms with van der Waals surface area (Å²) in [6.45, 7) is 8.24. The number of nitrogens with one attached hydrogen (secondary N) is 1. The molecule has 0 aromatic rings. The Labute approximate surface area is 220 Å². The lowest BCUT2D eigenvalue weighted by Crippen LogP contribution is -2.41. The van der Waals surface area contributed by atoms with Crippen molar-refractivity contribution in [2.45, 2.75) is 155 Å². The van der Waals surface area contributed by atoms with Crippen LogP contribution in [0.1, 0.15) is 137 Å². The number of aliphatic hydroxyl groups excluding tert-OH is 1. The fourth-order valence-corrected chi connectivity index (χ4v) is 4.64. The molecule has 212 valence electrons. The first-order valence-electron chi connectivity index (χ1n) is 14.6. The Bertz CT molecular complexity index is 568. The van der Waals surface area contributed by atoms with Crippen molar-refractivity contribution in [2.75, 3.05) is 0 Å². The van der Waals surface area contributed by atoms with Crippen LogP contribution < -0.4 is 5.32 Å². The van der Waals surface area contributed by atoms with Crippen molar-refractivity contribution < 1.29 is 29.3 Å². The molecule has 0 heterocycles. The van der Waals surface area contributed by atoms with Crippen LogP contribution in [0.5, 0.6) is 0 Å². The summed E-state index contributed by atoms with van der Waals surface area (Å²) < 4.78 is 5.77. The van der Waals surface area contributed by atoms with E-state index in [0.29, 0.717) is 25.7 Å². The van der Waals surface area contributed by atoms with Gasteiger partial charge in [-0.15, -0.1) is 0 Å². The van der Waals surface area contributed by atoms with E-state index >= 15 is 0 Å². The number of carbonyl (C=O) groups is 3. The van der Waals surface area contributed by atoms with Gasteiger partial charge in [0.1, 0.15) is 12.1 Å². The number of carboxylic acid groups (broad SMARTS) is 1. The van der Waals surface area contributed by atoms with Crippen LogP contribution in [0.2, 0.25) is 0 Å². The van der Waals surface area contributed by atoms with Crippen molar-refractivity contribution in [3.63, 3.8) is 0 Å². The highest BCUT2D eigenvalue weighted by Gasteiger charge is 2.31. The average Bonchev–Trinajstić information content (AvgIpc) is 2.81. The summed E-state index contributed by atoms with van der Waals surface area (Å²) in [5, 5.41) is 23.0. The lowest BCUT2D eigenvalue weighted by Gasteiger charge is -2.26. The van der Waals surface area contributed by atoms with Crippen LogP contribution in [0.15, 0.2) is 0 Å². The van der Waals surface area contributed by atoms with Crippen molar-refractivity contribution in [1.82, 2.24) is 5.32 Å². The summed E-state index contributed by atoms with van der Waals surface area (Å²) >= 11 is 0. The van der Waals surface area contributed by atoms with Crippen LogP contribution in [0.3, 0.4) is 0 Å². The van der Waals surface area contributed by atoms with Gasteiger partial charge in [-0.25, -0.2) is 4.79 Å². The van der Waals surface area contributed by atoms with Gasteiger partial charge >= 0.3 is 11.9 Å². The lowest BCUT2D eigenvalue weighted by atomic mass is 9.90. The van der Waals surface area contributed by atoms with Crippen LogP contribution in [0.4, 0.5) is 0 Å². The topological polar surface area (TPSA) is 113 Å². The Balaban J connectivity index is 4.99. The second-order valence-corrected chi connectivity index (χ2v) is 10.7. The minimum Gasteiger partial charge on any atom is -0.481 e. The standard InChI is InChI=1S/C29H55NO6/c1-5-7-9-11-12-13-14-15-16-18-24(36-29(35)26(30-22-31)20-23(3)4)21-27(32)25(28(33)34)19-17-10-8-6-2/h22-27,32H,5-21H2,1-4H3,(H,30,31)(H,33,34)/t24-,25-,26-,27-/m0/s1. The highest BCUT2D eigenvalue weighted by molar-refractivity contribution is 5.78. The molecular weight excluding hydrogens is 458 g/mol. The minimum atomic E-state index is -1.08. The number of ether oxygens (including phenoxy) is 1. The number of aliphatic hydroxyl groups is 1. The molecule has 7 nitrogen and oxygen atoms in total. The van der Waals surface area contributed by atoms with E-state index < -0.39 is 36.1 Å². The number of esters is 1. The molecule has 0 radical (unpaired) electrons. The zero-order chi connectivity index (χ0) is 27.2. The van der Waals surface area contributed by atoms with Crippen LogP contribution in [0.25, 0.3) is 0 Å². The molecular formula is C29H55NO6. The molecule has 3 N–H and O–H groups in total. The smallest absolute Gasteiger partial charge is 0.328 e. The van der Waals surface area contributed by atoms with Crippen molar-refractivity contribution in [2.24, 2.45) is 11.8 Å². The van der Waals surface area contributed by atoms with Gasteiger partial charge in [0.05, 0.1) is 12.0 Å². The number of carbonyl (C=O) groups excluding carboxylic acids is 2. The zero-order valence-corrected chi connectivity index (χ0v) is 23.5. The third-order valence-electron chi connectivity index (χ3n) is 6.83. The molecule has 7 heteroatoms. The molecule has 0 saturated heterocycles. The van der Waals surface area contributed by atoms with Gasteiger partial charge in [-0.05, 0) is 31.6 Å². The predicted molar refractivity (Wildman–Crippen MR) is 145 cm³/mol. The van der Waals surface area contributed by atoms with Gasteiger partial charge in [0.15, 0.2) is 0 Å². The van der Waals surface area contributed by atoms with Crippen molar-refractivity contribution in [3.8, 4) is 0 Å². The van der Waals surface area contributed by atoms with E-state index in [4.69, 9.17) is 4.74 Å². The van der Waals surface area contributed by atoms with E-state index in [1.807, 2.05) is 13.8 Å². The molecule has 1 amide bonds. The van der Waals surface area contributed by atoms with Crippen LogP contribution in [-0.2, 0) is 19.1 Å². The van der Waals surface area contributed by atoms with Crippen molar-refractivity contribution in [1.29, 1.82) is 0 Å². The first-order valence-corrected chi connectivity index (χ1v) is 14.6. The van der Waals surface area contributed by atoms with Crippen LogP contribution in [0, 0.1) is 11.8 Å². The summed E-state index contributed by atoms with van der Waals surface area (Å²) in [6.07, 6.45) is 14.7. The number of rotatable bonds is 25. The Morgan fingerprint density at radius 3 is 1.81 bits per heavy atom. The van der Waals surface area contributed by atoms with Crippen LogP contribution in [-0.4, -0.2) is 46.8 Å². The molecule has 0 spiro atoms. The molecule has 0 saturated carbocycles. The van der Waals surface area contributed by atoms with Gasteiger partial charge in [0.25, 0.3) is 0 Å². The molecule has 0 unspecified atom stereocenters. The number of aliphatic carboxylic acids is 1. The van der Waals surface area contributed by atoms with E-state index in [-0.39, 0.29) is 12.3 Å². The third-order valence-corrected chi connectivity index (χ3v) is 6.83. The van der Waals surface area contributed by atoms with Crippen molar-refractivity contribution >= 4 is 18.3 Å². The molecule has 36 heavy (non-hydrogen) atoms. The maximum atomic E-state index is 12.8. The fraction of sp³-hybridized carbons (Fsp3) is 0.897. The first kappa shape index (κ1) is 34.4. The normalized spacial score (nSPS) is 14.7. The molecule has 0 bridgehead atoms. The van der Waals surface area contributed by atoms with Gasteiger partial charge in [-0.3, -0.25) is 9.59 Å². The quantitative estimate of drug-likeness (QED) is 0.0739. The monoisotopic (exact) mass is 513 g/mol. The first-order chi connectivity index (χ1) is 17.3. The van der Waals surface area contributed by atoms with Gasteiger partial charge < -0.3 is 20.3 Å². The SMILES string of the molecule is CCCCCCCCCCC[C@@H](C[C@H](O)[C@H](CCCCCC)C(=O)O)OC(=O)[C@H](CC(C)C)NC=O. The van der Waals surface area contributed by atoms with E-state index in [9.17, 15) is 24.6 Å². The molecule has 0 aromatic heterocycles. The maximum absolute atomic E-state index is 12.8. The highest BCUT2D eigenvalue weighted by atomic mass is 16.5. The molecule has 0 aliphatic rings. The van der Waals surface area contributed by atoms with E-state index in [1.165, 1.54) is 38.5 Å². The summed E-state index contributed by atoms with van der Waals surface area (Å²) in [5.41, 5.74) is 0. The van der Waals surface area contributed by atoms with Crippen molar-refractivity contribution in [3.05, 3.63) is 0 Å². The summed E-state index contributed by atoms with van der Waals surface area (Å²) in [6, 6.07) is -0.741. The van der Waals surface area contributed by atoms with E-state index in [1.54, 1.807) is 0 Å². The summed E-state index contributed by atoms with van der Waals surface area (Å²) in [7, 11) is 0. The number of hydrogen-bond acceptors (Lipinski definition) is 5. The molecule has 0 fully saturated rings. The van der Waals surface area contributed by atoms with Crippen LogP contribution >= 0.6 is 0 Å². The average molecular weight is 514 g/mol. The number of carboxylic acids is 1. The molecule has 0 aliphatic carbocycles. The largest absolute Gasteiger partial charge is 0.481 e. The summed E-state index contributed by atoms with van der Waals surface area (Å²) in [5.74, 6) is -2.20. The highest BCUT2D eigenvalue weighted by Crippen LogP contribution is 2.23. The van der Waals surface area contributed by atoms with Gasteiger partial charge in [-0.2, -0.15) is 0 Å². The Morgan fingerprint density at radius 2 is 1.31 bits per heavy atom. The van der Waals surface area contributed by atoms with Gasteiger partial charge in [0, 0.05) is 6.42 Å². The predicted octanol–water partition coefficient (Wildman–Crippen LogP) is 6.40. The summed E-state index contributed by atoms with van der Waals surface area (Å²) in [4.78, 5) is 35.7. The van der Waals surface area contributed by atoms with E-state index in [0.717, 1.165) is 44.9 Å². The molecule has 0 rings (SSSR count). The lowest BCUT2D eigenvalue weighted by molar-refractivity contribution is -0.156. The van der Waals surface area contributed by atoms with Gasteiger partial charge in [-0.1, -0.05) is 105 Å². The molecule has 0 aromatic carbocycles. The number of hydrogen-bond donors (Lipinski definition) is 3. The minimum absolute atomic E-state index is 0.100. The molecule has 0 aliphatic heterocycles. The number of unbranched alkanes of at least 4 members (excludes halogenated alkanes) is 11. The van der Waals surface area contributed by atoms with Gasteiger partial charge in [0.2, 0.25) is 6.41 Å². The molecule has 4 atom stereocenters. The second-order valence-electron chi connectivity index (χ2n) is 10.7. The zero-order valence-electron chi connectivity index (χ0n) is 23.5.